The lowest BCUT2D eigenvalue weighted by Crippen LogP contribution is -2.15. The van der Waals surface area contributed by atoms with Crippen molar-refractivity contribution >= 4 is 55.4 Å². The summed E-state index contributed by atoms with van der Waals surface area (Å²) in [7, 11) is 0. The summed E-state index contributed by atoms with van der Waals surface area (Å²) in [5.41, 5.74) is 1.34. The summed E-state index contributed by atoms with van der Waals surface area (Å²) < 4.78 is 15.7. The maximum absolute atomic E-state index is 13.2. The number of rotatable bonds is 5. The molecule has 8 nitrogen and oxygen atoms in total. The second kappa shape index (κ2) is 7.93. The Labute approximate surface area is 182 Å². The topological polar surface area (TPSA) is 106 Å². The molecule has 0 spiro atoms. The number of fused-ring (bicyclic) bond motifs is 2. The molecule has 2 aromatic carbocycles. The highest BCUT2D eigenvalue weighted by Gasteiger charge is 2.14. The molecule has 0 saturated carbocycles. The molecule has 0 unspecified atom stereocenters. The number of hydrogen-bond donors (Lipinski definition) is 2. The van der Waals surface area contributed by atoms with Gasteiger partial charge in [-0.25, -0.2) is 19.0 Å². The van der Waals surface area contributed by atoms with Gasteiger partial charge in [0, 0.05) is 0 Å². The van der Waals surface area contributed by atoms with Crippen LogP contribution >= 0.6 is 23.1 Å². The first-order valence-corrected chi connectivity index (χ1v) is 10.9. The van der Waals surface area contributed by atoms with E-state index in [0.29, 0.717) is 21.9 Å². The number of anilines is 1. The van der Waals surface area contributed by atoms with Gasteiger partial charge < -0.3 is 10.3 Å². The van der Waals surface area contributed by atoms with Crippen molar-refractivity contribution in [1.29, 1.82) is 0 Å². The first-order valence-electron chi connectivity index (χ1n) is 9.09. The molecule has 3 heterocycles. The zero-order valence-corrected chi connectivity index (χ0v) is 17.3. The maximum atomic E-state index is 13.2. The number of halogens is 1. The summed E-state index contributed by atoms with van der Waals surface area (Å²) in [6.07, 6.45) is 1.40. The summed E-state index contributed by atoms with van der Waals surface area (Å²) in [5.74, 6) is -0.602. The molecule has 0 fully saturated rings. The Hall–Kier alpha value is -3.57. The SMILES string of the molecule is O=C(CSc1nc2c(cnn2-c2ccc(F)cc2)c(=O)[nH]1)Nc1nc2ccccc2s1. The van der Waals surface area contributed by atoms with Gasteiger partial charge in [0.15, 0.2) is 15.9 Å². The fourth-order valence-electron chi connectivity index (χ4n) is 2.95. The van der Waals surface area contributed by atoms with Gasteiger partial charge in [-0.15, -0.1) is 0 Å². The lowest BCUT2D eigenvalue weighted by atomic mass is 10.3. The van der Waals surface area contributed by atoms with Crippen LogP contribution < -0.4 is 10.9 Å². The molecule has 154 valence electrons. The Kier molecular flexibility index (Phi) is 4.96. The molecule has 0 bridgehead atoms. The summed E-state index contributed by atoms with van der Waals surface area (Å²) >= 11 is 2.48. The Morgan fingerprint density at radius 3 is 2.77 bits per heavy atom. The normalized spacial score (nSPS) is 11.3. The molecule has 1 amide bonds. The number of carbonyl (C=O) groups excluding carboxylic acids is 1. The van der Waals surface area contributed by atoms with Crippen LogP contribution in [0.2, 0.25) is 0 Å². The van der Waals surface area contributed by atoms with Gasteiger partial charge in [0.25, 0.3) is 5.56 Å². The molecule has 0 aliphatic rings. The first-order chi connectivity index (χ1) is 15.1. The van der Waals surface area contributed by atoms with Crippen molar-refractivity contribution in [3.8, 4) is 5.69 Å². The van der Waals surface area contributed by atoms with E-state index in [0.717, 1.165) is 22.0 Å². The second-order valence-electron chi connectivity index (χ2n) is 6.46. The fourth-order valence-corrected chi connectivity index (χ4v) is 4.49. The van der Waals surface area contributed by atoms with Gasteiger partial charge >= 0.3 is 0 Å². The number of carbonyl (C=O) groups is 1. The van der Waals surface area contributed by atoms with Crippen LogP contribution in [-0.2, 0) is 4.79 Å². The number of para-hydroxylation sites is 1. The summed E-state index contributed by atoms with van der Waals surface area (Å²) in [5, 5.41) is 8.04. The van der Waals surface area contributed by atoms with Gasteiger partial charge in [0.1, 0.15) is 11.2 Å². The number of nitrogens with one attached hydrogen (secondary N) is 2. The predicted molar refractivity (Wildman–Crippen MR) is 118 cm³/mol. The lowest BCUT2D eigenvalue weighted by molar-refractivity contribution is -0.113. The van der Waals surface area contributed by atoms with E-state index in [2.05, 4.69) is 25.4 Å². The van der Waals surface area contributed by atoms with Gasteiger partial charge in [-0.2, -0.15) is 5.10 Å². The van der Waals surface area contributed by atoms with Crippen molar-refractivity contribution in [2.24, 2.45) is 0 Å². The fraction of sp³-hybridized carbons (Fsp3) is 0.0500. The minimum absolute atomic E-state index is 0.0368. The van der Waals surface area contributed by atoms with Crippen molar-refractivity contribution in [2.45, 2.75) is 5.16 Å². The molecule has 2 N–H and O–H groups in total. The third-order valence-corrected chi connectivity index (χ3v) is 6.19. The number of thioether (sulfide) groups is 1. The number of H-pyrrole nitrogens is 1. The number of amides is 1. The Balaban J connectivity index is 1.35. The van der Waals surface area contributed by atoms with E-state index >= 15 is 0 Å². The predicted octanol–water partition coefficient (Wildman–Crippen LogP) is 3.59. The highest BCUT2D eigenvalue weighted by molar-refractivity contribution is 7.99. The first kappa shape index (κ1) is 19.4. The second-order valence-corrected chi connectivity index (χ2v) is 8.46. The zero-order valence-electron chi connectivity index (χ0n) is 15.7. The maximum Gasteiger partial charge on any atom is 0.262 e. The van der Waals surface area contributed by atoms with Crippen molar-refractivity contribution in [3.63, 3.8) is 0 Å². The Morgan fingerprint density at radius 1 is 1.16 bits per heavy atom. The number of aromatic nitrogens is 5. The average molecular weight is 452 g/mol. The van der Waals surface area contributed by atoms with E-state index in [9.17, 15) is 14.0 Å². The average Bonchev–Trinajstić information content (AvgIpc) is 3.37. The minimum Gasteiger partial charge on any atom is -0.301 e. The van der Waals surface area contributed by atoms with Crippen LogP contribution in [0.15, 0.2) is 64.7 Å². The third kappa shape index (κ3) is 3.92. The van der Waals surface area contributed by atoms with Crippen LogP contribution in [0.3, 0.4) is 0 Å². The van der Waals surface area contributed by atoms with Gasteiger partial charge in [-0.1, -0.05) is 35.2 Å². The van der Waals surface area contributed by atoms with Gasteiger partial charge in [0.05, 0.1) is 27.9 Å². The van der Waals surface area contributed by atoms with Gasteiger partial charge in [-0.3, -0.25) is 9.59 Å². The van der Waals surface area contributed by atoms with E-state index in [4.69, 9.17) is 0 Å². The molecular formula is C20H13FN6O2S2. The van der Waals surface area contributed by atoms with Crippen LogP contribution in [0, 0.1) is 5.82 Å². The molecule has 0 aliphatic heterocycles. The van der Waals surface area contributed by atoms with Crippen molar-refractivity contribution in [2.75, 3.05) is 11.1 Å². The summed E-state index contributed by atoms with van der Waals surface area (Å²) in [6, 6.07) is 13.3. The van der Waals surface area contributed by atoms with E-state index in [1.807, 2.05) is 24.3 Å². The monoisotopic (exact) mass is 452 g/mol. The van der Waals surface area contributed by atoms with Gasteiger partial charge in [-0.05, 0) is 36.4 Å². The zero-order chi connectivity index (χ0) is 21.4. The molecule has 0 atom stereocenters. The van der Waals surface area contributed by atoms with Crippen molar-refractivity contribution < 1.29 is 9.18 Å². The molecule has 5 aromatic rings. The molecule has 3 aromatic heterocycles. The highest BCUT2D eigenvalue weighted by Crippen LogP contribution is 2.25. The smallest absolute Gasteiger partial charge is 0.262 e. The highest BCUT2D eigenvalue weighted by atomic mass is 32.2. The van der Waals surface area contributed by atoms with Crippen LogP contribution in [0.25, 0.3) is 26.9 Å². The quantitative estimate of drug-likeness (QED) is 0.312. The van der Waals surface area contributed by atoms with Crippen LogP contribution in [-0.4, -0.2) is 36.4 Å². The molecule has 31 heavy (non-hydrogen) atoms. The van der Waals surface area contributed by atoms with Crippen LogP contribution in [0.5, 0.6) is 0 Å². The number of hydrogen-bond acceptors (Lipinski definition) is 7. The Bertz CT molecular complexity index is 1440. The van der Waals surface area contributed by atoms with E-state index in [1.165, 1.54) is 34.3 Å². The lowest BCUT2D eigenvalue weighted by Gasteiger charge is -2.05. The number of thiazole rings is 1. The summed E-state index contributed by atoms with van der Waals surface area (Å²) in [4.78, 5) is 36.2. The summed E-state index contributed by atoms with van der Waals surface area (Å²) in [6.45, 7) is 0. The number of nitrogens with zero attached hydrogens (tertiary/aromatic N) is 4. The van der Waals surface area contributed by atoms with E-state index < -0.39 is 0 Å². The molecule has 0 saturated heterocycles. The van der Waals surface area contributed by atoms with Crippen LogP contribution in [0.1, 0.15) is 0 Å². The van der Waals surface area contributed by atoms with E-state index in [1.54, 1.807) is 12.1 Å². The molecule has 5 rings (SSSR count). The van der Waals surface area contributed by atoms with E-state index in [-0.39, 0.29) is 28.2 Å². The van der Waals surface area contributed by atoms with Crippen LogP contribution in [0.4, 0.5) is 9.52 Å². The number of benzene rings is 2. The van der Waals surface area contributed by atoms with Gasteiger partial charge in [0.2, 0.25) is 5.91 Å². The standard InChI is InChI=1S/C20H13FN6O2S2/c21-11-5-7-12(8-6-11)27-17-13(9-22-27)18(29)26-19(25-17)30-10-16(28)24-20-23-14-3-1-2-4-15(14)31-20/h1-9H,10H2,(H,23,24,28)(H,25,26,29). The molecule has 0 radical (unpaired) electrons. The Morgan fingerprint density at radius 2 is 1.97 bits per heavy atom. The largest absolute Gasteiger partial charge is 0.301 e. The van der Waals surface area contributed by atoms with Crippen molar-refractivity contribution in [1.82, 2.24) is 24.7 Å². The molecule has 11 heteroatoms. The minimum atomic E-state index is -0.374. The molecular weight excluding hydrogens is 439 g/mol. The molecule has 0 aliphatic carbocycles. The number of aromatic amines is 1. The van der Waals surface area contributed by atoms with Crippen molar-refractivity contribution in [3.05, 3.63) is 70.9 Å². The third-order valence-electron chi connectivity index (χ3n) is 4.37.